The van der Waals surface area contributed by atoms with Crippen molar-refractivity contribution in [1.29, 1.82) is 5.26 Å². The Hall–Kier alpha value is -2.88. The molecule has 1 heterocycles. The van der Waals surface area contributed by atoms with Crippen molar-refractivity contribution in [2.45, 2.75) is 13.0 Å². The molecule has 1 aromatic carbocycles. The molecule has 0 spiro atoms. The minimum absolute atomic E-state index is 0.109. The van der Waals surface area contributed by atoms with Gasteiger partial charge in [0.05, 0.1) is 11.8 Å². The fraction of sp³-hybridized carbons (Fsp3) is 0.286. The number of aromatic nitrogens is 3. The Balaban J connectivity index is 1.67. The second-order valence-electron chi connectivity index (χ2n) is 4.27. The Kier molecular flexibility index (Phi) is 5.29. The fourth-order valence-electron chi connectivity index (χ4n) is 1.70. The molecule has 21 heavy (non-hydrogen) atoms. The van der Waals surface area contributed by atoms with Gasteiger partial charge in [-0.2, -0.15) is 5.26 Å². The van der Waals surface area contributed by atoms with E-state index in [9.17, 15) is 4.79 Å². The molecule has 0 unspecified atom stereocenters. The molecule has 0 radical (unpaired) electrons. The minimum Gasteiger partial charge on any atom is -0.482 e. The summed E-state index contributed by atoms with van der Waals surface area (Å²) in [6.07, 6.45) is 4.13. The van der Waals surface area contributed by atoms with Crippen LogP contribution in [0.2, 0.25) is 0 Å². The molecule has 0 aliphatic rings. The van der Waals surface area contributed by atoms with Crippen LogP contribution >= 0.6 is 0 Å². The maximum Gasteiger partial charge on any atom is 0.257 e. The summed E-state index contributed by atoms with van der Waals surface area (Å²) >= 11 is 0. The number of nitrogens with zero attached hydrogens (tertiary/aromatic N) is 4. The Labute approximate surface area is 122 Å². The van der Waals surface area contributed by atoms with Crippen LogP contribution in [0.15, 0.2) is 36.7 Å². The van der Waals surface area contributed by atoms with Crippen LogP contribution in [-0.2, 0) is 11.3 Å². The molecule has 1 aromatic heterocycles. The highest BCUT2D eigenvalue weighted by atomic mass is 16.5. The van der Waals surface area contributed by atoms with Gasteiger partial charge >= 0.3 is 0 Å². The molecule has 0 aliphatic heterocycles. The lowest BCUT2D eigenvalue weighted by Gasteiger charge is -2.08. The van der Waals surface area contributed by atoms with Crippen LogP contribution in [0.5, 0.6) is 5.75 Å². The largest absolute Gasteiger partial charge is 0.482 e. The zero-order chi connectivity index (χ0) is 14.9. The third kappa shape index (κ3) is 4.62. The Morgan fingerprint density at radius 2 is 2.29 bits per heavy atom. The lowest BCUT2D eigenvalue weighted by molar-refractivity contribution is -0.123. The summed E-state index contributed by atoms with van der Waals surface area (Å²) < 4.78 is 7.03. The highest BCUT2D eigenvalue weighted by molar-refractivity contribution is 5.77. The van der Waals surface area contributed by atoms with E-state index in [1.807, 2.05) is 6.07 Å². The van der Waals surface area contributed by atoms with Crippen molar-refractivity contribution in [3.8, 4) is 11.8 Å². The Morgan fingerprint density at radius 3 is 3.05 bits per heavy atom. The van der Waals surface area contributed by atoms with Crippen molar-refractivity contribution < 1.29 is 9.53 Å². The van der Waals surface area contributed by atoms with Crippen LogP contribution in [0.3, 0.4) is 0 Å². The van der Waals surface area contributed by atoms with Gasteiger partial charge in [0.15, 0.2) is 6.61 Å². The number of rotatable bonds is 7. The smallest absolute Gasteiger partial charge is 0.257 e. The first-order valence-electron chi connectivity index (χ1n) is 6.52. The Morgan fingerprint density at radius 1 is 1.43 bits per heavy atom. The van der Waals surface area contributed by atoms with E-state index in [0.717, 1.165) is 6.42 Å². The van der Waals surface area contributed by atoms with Gasteiger partial charge in [-0.1, -0.05) is 17.3 Å². The topological polar surface area (TPSA) is 92.8 Å². The number of carbonyl (C=O) groups is 1. The second-order valence-corrected chi connectivity index (χ2v) is 4.27. The van der Waals surface area contributed by atoms with E-state index in [1.165, 1.54) is 0 Å². The number of carbonyl (C=O) groups excluding carboxylic acids is 1. The van der Waals surface area contributed by atoms with Gasteiger partial charge in [-0.25, -0.2) is 0 Å². The van der Waals surface area contributed by atoms with Crippen molar-refractivity contribution in [1.82, 2.24) is 20.3 Å². The van der Waals surface area contributed by atoms with E-state index >= 15 is 0 Å². The third-order valence-corrected chi connectivity index (χ3v) is 2.72. The summed E-state index contributed by atoms with van der Waals surface area (Å²) in [5.74, 6) is 0.194. The van der Waals surface area contributed by atoms with Crippen LogP contribution in [0.25, 0.3) is 0 Å². The van der Waals surface area contributed by atoms with Gasteiger partial charge in [-0.3, -0.25) is 9.48 Å². The predicted octanol–water partition coefficient (Wildman–Crippen LogP) is 0.735. The molecule has 108 valence electrons. The van der Waals surface area contributed by atoms with Crippen LogP contribution in [0, 0.1) is 11.3 Å². The van der Waals surface area contributed by atoms with E-state index in [-0.39, 0.29) is 12.5 Å². The quantitative estimate of drug-likeness (QED) is 0.757. The number of hydrogen-bond acceptors (Lipinski definition) is 5. The third-order valence-electron chi connectivity index (χ3n) is 2.72. The molecule has 0 saturated carbocycles. The number of nitriles is 1. The normalized spacial score (nSPS) is 9.86. The number of amides is 1. The fourth-order valence-corrected chi connectivity index (χ4v) is 1.70. The molecule has 7 nitrogen and oxygen atoms in total. The first-order valence-corrected chi connectivity index (χ1v) is 6.52. The molecule has 0 bridgehead atoms. The van der Waals surface area contributed by atoms with Crippen molar-refractivity contribution in [2.24, 2.45) is 0 Å². The summed E-state index contributed by atoms with van der Waals surface area (Å²) in [5, 5.41) is 19.2. The summed E-state index contributed by atoms with van der Waals surface area (Å²) in [4.78, 5) is 11.6. The molecule has 1 N–H and O–H groups in total. The summed E-state index contributed by atoms with van der Waals surface area (Å²) in [5.41, 5.74) is 0.413. The highest BCUT2D eigenvalue weighted by Crippen LogP contribution is 2.15. The number of benzene rings is 1. The van der Waals surface area contributed by atoms with E-state index in [1.54, 1.807) is 41.3 Å². The molecule has 0 aliphatic carbocycles. The molecule has 0 fully saturated rings. The van der Waals surface area contributed by atoms with Gasteiger partial charge in [-0.05, 0) is 18.6 Å². The summed E-state index contributed by atoms with van der Waals surface area (Å²) in [7, 11) is 0. The molecule has 0 saturated heterocycles. The van der Waals surface area contributed by atoms with Crippen LogP contribution in [0.1, 0.15) is 12.0 Å². The lowest BCUT2D eigenvalue weighted by atomic mass is 10.2. The molecule has 2 aromatic rings. The van der Waals surface area contributed by atoms with E-state index in [4.69, 9.17) is 10.00 Å². The first-order chi connectivity index (χ1) is 10.3. The maximum absolute atomic E-state index is 11.6. The van der Waals surface area contributed by atoms with E-state index in [2.05, 4.69) is 15.6 Å². The predicted molar refractivity (Wildman–Crippen MR) is 74.3 cm³/mol. The van der Waals surface area contributed by atoms with Crippen LogP contribution in [0.4, 0.5) is 0 Å². The lowest BCUT2D eigenvalue weighted by Crippen LogP contribution is -2.30. The average molecular weight is 285 g/mol. The van der Waals surface area contributed by atoms with Crippen molar-refractivity contribution >= 4 is 5.91 Å². The standard InChI is InChI=1S/C14H15N5O2/c15-10-12-4-1-2-5-13(12)21-11-14(20)16-6-3-8-19-9-7-17-18-19/h1-2,4-5,7,9H,3,6,8,11H2,(H,16,20). The summed E-state index contributed by atoms with van der Waals surface area (Å²) in [6.45, 7) is 1.11. The molecule has 1 amide bonds. The van der Waals surface area contributed by atoms with Crippen molar-refractivity contribution in [3.63, 3.8) is 0 Å². The number of ether oxygens (including phenoxy) is 1. The van der Waals surface area contributed by atoms with Gasteiger partial charge in [0.1, 0.15) is 11.8 Å². The van der Waals surface area contributed by atoms with Gasteiger partial charge < -0.3 is 10.1 Å². The number of para-hydroxylation sites is 1. The van der Waals surface area contributed by atoms with Gasteiger partial charge in [0, 0.05) is 19.3 Å². The zero-order valence-corrected chi connectivity index (χ0v) is 11.4. The van der Waals surface area contributed by atoms with Gasteiger partial charge in [0.25, 0.3) is 5.91 Å². The van der Waals surface area contributed by atoms with E-state index < -0.39 is 0 Å². The van der Waals surface area contributed by atoms with Crippen LogP contribution < -0.4 is 10.1 Å². The van der Waals surface area contributed by atoms with Gasteiger partial charge in [0.2, 0.25) is 0 Å². The molecule has 7 heteroatoms. The maximum atomic E-state index is 11.6. The van der Waals surface area contributed by atoms with Crippen LogP contribution in [-0.4, -0.2) is 34.1 Å². The average Bonchev–Trinajstić information content (AvgIpc) is 3.03. The van der Waals surface area contributed by atoms with Crippen molar-refractivity contribution in [3.05, 3.63) is 42.2 Å². The SMILES string of the molecule is N#Cc1ccccc1OCC(=O)NCCCn1ccnn1. The molecular weight excluding hydrogens is 270 g/mol. The Bertz CT molecular complexity index is 619. The van der Waals surface area contributed by atoms with Gasteiger partial charge in [-0.15, -0.1) is 5.10 Å². The zero-order valence-electron chi connectivity index (χ0n) is 11.4. The summed E-state index contributed by atoms with van der Waals surface area (Å²) in [6, 6.07) is 8.82. The number of hydrogen-bond donors (Lipinski definition) is 1. The molecule has 2 rings (SSSR count). The number of nitrogens with one attached hydrogen (secondary N) is 1. The number of aryl methyl sites for hydroxylation is 1. The second kappa shape index (κ2) is 7.65. The molecule has 0 atom stereocenters. The monoisotopic (exact) mass is 285 g/mol. The van der Waals surface area contributed by atoms with Crippen molar-refractivity contribution in [2.75, 3.05) is 13.2 Å². The molecular formula is C14H15N5O2. The highest BCUT2D eigenvalue weighted by Gasteiger charge is 2.05. The first kappa shape index (κ1) is 14.5. The van der Waals surface area contributed by atoms with E-state index in [0.29, 0.717) is 24.4 Å². The minimum atomic E-state index is -0.221.